The average Bonchev–Trinajstić information content (AvgIpc) is 3.47. The van der Waals surface area contributed by atoms with Crippen molar-refractivity contribution in [3.63, 3.8) is 0 Å². The van der Waals surface area contributed by atoms with E-state index in [1.54, 1.807) is 28.7 Å². The normalized spacial score (nSPS) is 13.6. The number of thioether (sulfide) groups is 1. The highest BCUT2D eigenvalue weighted by Crippen LogP contribution is 2.45. The Bertz CT molecular complexity index is 938. The zero-order valence-electron chi connectivity index (χ0n) is 16.6. The number of carbonyl (C=O) groups is 1. The molecule has 1 aromatic carbocycles. The van der Waals surface area contributed by atoms with E-state index >= 15 is 0 Å². The van der Waals surface area contributed by atoms with Crippen LogP contribution in [-0.4, -0.2) is 43.1 Å². The minimum atomic E-state index is -1.00. The second-order valence-electron chi connectivity index (χ2n) is 7.03. The van der Waals surface area contributed by atoms with E-state index in [1.807, 2.05) is 23.9 Å². The van der Waals surface area contributed by atoms with Crippen LogP contribution in [0.4, 0.5) is 5.69 Å². The number of hydrogen-bond acceptors (Lipinski definition) is 7. The number of anilines is 1. The fraction of sp³-hybridized carbons (Fsp3) is 0.318. The molecule has 0 saturated heterocycles. The average molecular weight is 462 g/mol. The maximum absolute atomic E-state index is 10.9. The van der Waals surface area contributed by atoms with Crippen molar-refractivity contribution in [2.45, 2.75) is 11.7 Å². The van der Waals surface area contributed by atoms with Gasteiger partial charge in [0.1, 0.15) is 6.61 Å². The molecule has 0 aliphatic carbocycles. The molecule has 1 aliphatic heterocycles. The van der Waals surface area contributed by atoms with Crippen molar-refractivity contribution >= 4 is 46.1 Å². The van der Waals surface area contributed by atoms with E-state index < -0.39 is 5.97 Å². The lowest BCUT2D eigenvalue weighted by atomic mass is 9.97. The first kappa shape index (κ1) is 21.1. The van der Waals surface area contributed by atoms with Crippen LogP contribution in [0.3, 0.4) is 0 Å². The Kier molecular flexibility index (Phi) is 6.55. The van der Waals surface area contributed by atoms with Gasteiger partial charge in [-0.25, -0.2) is 4.79 Å². The van der Waals surface area contributed by atoms with Gasteiger partial charge in [0.2, 0.25) is 0 Å². The van der Waals surface area contributed by atoms with Crippen molar-refractivity contribution in [2.75, 3.05) is 37.0 Å². The molecule has 1 N–H and O–H groups in total. The summed E-state index contributed by atoms with van der Waals surface area (Å²) in [5.74, 6) is 1.06. The molecular weight excluding hydrogens is 438 g/mol. The van der Waals surface area contributed by atoms with Gasteiger partial charge < -0.3 is 19.5 Å². The molecule has 8 heteroatoms. The summed E-state index contributed by atoms with van der Waals surface area (Å²) in [5.41, 5.74) is 3.63. The van der Waals surface area contributed by atoms with Gasteiger partial charge in [-0.15, -0.1) is 11.8 Å². The van der Waals surface area contributed by atoms with Gasteiger partial charge >= 0.3 is 5.97 Å². The van der Waals surface area contributed by atoms with Crippen LogP contribution in [0.2, 0.25) is 0 Å². The van der Waals surface area contributed by atoms with Crippen molar-refractivity contribution in [1.82, 2.24) is 0 Å². The Morgan fingerprint density at radius 3 is 2.60 bits per heavy atom. The van der Waals surface area contributed by atoms with E-state index in [0.717, 1.165) is 24.5 Å². The number of rotatable bonds is 9. The second kappa shape index (κ2) is 9.32. The number of ether oxygens (including phenoxy) is 2. The van der Waals surface area contributed by atoms with Crippen LogP contribution in [0.25, 0.3) is 0 Å². The second-order valence-corrected chi connectivity index (χ2v) is 10.1. The summed E-state index contributed by atoms with van der Waals surface area (Å²) in [7, 11) is 0. The molecule has 0 amide bonds. The van der Waals surface area contributed by atoms with Crippen LogP contribution in [0.5, 0.6) is 11.5 Å². The number of para-hydroxylation sites is 1. The van der Waals surface area contributed by atoms with Gasteiger partial charge in [0.15, 0.2) is 18.1 Å². The maximum Gasteiger partial charge on any atom is 0.341 e. The minimum absolute atomic E-state index is 0.0818. The summed E-state index contributed by atoms with van der Waals surface area (Å²) < 4.78 is 11.2. The van der Waals surface area contributed by atoms with Gasteiger partial charge in [-0.05, 0) is 63.8 Å². The molecule has 0 spiro atoms. The zero-order chi connectivity index (χ0) is 21.0. The molecule has 0 atom stereocenters. The molecule has 0 unspecified atom stereocenters. The molecule has 2 aromatic heterocycles. The van der Waals surface area contributed by atoms with Crippen LogP contribution < -0.4 is 14.4 Å². The third-order valence-corrected chi connectivity index (χ3v) is 7.96. The molecule has 158 valence electrons. The number of carboxylic acid groups (broad SMARTS) is 1. The number of aliphatic carboxylic acids is 1. The zero-order valence-corrected chi connectivity index (χ0v) is 19.0. The van der Waals surface area contributed by atoms with Crippen LogP contribution in [0.15, 0.2) is 51.9 Å². The summed E-state index contributed by atoms with van der Waals surface area (Å²) in [6.07, 6.45) is 0. The molecule has 1 aliphatic rings. The molecule has 3 aromatic rings. The lowest BCUT2D eigenvalue weighted by Crippen LogP contribution is -2.35. The predicted molar refractivity (Wildman–Crippen MR) is 125 cm³/mol. The summed E-state index contributed by atoms with van der Waals surface area (Å²) in [5, 5.41) is 17.6. The van der Waals surface area contributed by atoms with Crippen LogP contribution in [0, 0.1) is 0 Å². The molecule has 0 bridgehead atoms. The van der Waals surface area contributed by atoms with Crippen molar-refractivity contribution in [3.8, 4) is 11.5 Å². The first-order valence-electron chi connectivity index (χ1n) is 9.62. The van der Waals surface area contributed by atoms with Gasteiger partial charge in [0, 0.05) is 12.3 Å². The highest BCUT2D eigenvalue weighted by atomic mass is 32.2. The number of fused-ring (bicyclic) bond motifs is 1. The van der Waals surface area contributed by atoms with Gasteiger partial charge in [0.25, 0.3) is 0 Å². The van der Waals surface area contributed by atoms with Crippen molar-refractivity contribution < 1.29 is 19.4 Å². The van der Waals surface area contributed by atoms with Gasteiger partial charge in [-0.2, -0.15) is 22.7 Å². The lowest BCUT2D eigenvalue weighted by Gasteiger charge is -2.34. The van der Waals surface area contributed by atoms with Gasteiger partial charge in [-0.3, -0.25) is 0 Å². The third-order valence-electron chi connectivity index (χ3n) is 5.15. The first-order valence-corrected chi connectivity index (χ1v) is 12.5. The fourth-order valence-electron chi connectivity index (χ4n) is 3.53. The lowest BCUT2D eigenvalue weighted by molar-refractivity contribution is -0.139. The summed E-state index contributed by atoms with van der Waals surface area (Å²) in [6, 6.07) is 10.1. The SMILES string of the molecule is CC(SCCN1CCOc2c(OCC(=O)O)cccc21)(c1ccsc1)c1ccsc1. The van der Waals surface area contributed by atoms with Crippen LogP contribution >= 0.6 is 34.4 Å². The standard InChI is InChI=1S/C22H23NO4S3/c1-22(16-5-10-28-14-16,17-6-11-29-15-17)30-12-8-23-7-9-26-21-18(23)3-2-4-19(21)27-13-20(24)25/h2-6,10-11,14-15H,7-9,12-13H2,1H3,(H,24,25). The number of hydrogen-bond donors (Lipinski definition) is 1. The van der Waals surface area contributed by atoms with Gasteiger partial charge in [-0.1, -0.05) is 6.07 Å². The molecule has 4 rings (SSSR count). The van der Waals surface area contributed by atoms with E-state index in [9.17, 15) is 4.79 Å². The van der Waals surface area contributed by atoms with Crippen molar-refractivity contribution in [1.29, 1.82) is 0 Å². The van der Waals surface area contributed by atoms with Crippen LogP contribution in [0.1, 0.15) is 18.1 Å². The Morgan fingerprint density at radius 1 is 1.23 bits per heavy atom. The topological polar surface area (TPSA) is 59.0 Å². The summed E-state index contributed by atoms with van der Waals surface area (Å²) in [6.45, 7) is 4.14. The van der Waals surface area contributed by atoms with E-state index in [4.69, 9.17) is 14.6 Å². The molecule has 0 fully saturated rings. The monoisotopic (exact) mass is 461 g/mol. The fourth-order valence-corrected chi connectivity index (χ4v) is 6.51. The smallest absolute Gasteiger partial charge is 0.341 e. The number of benzene rings is 1. The molecule has 5 nitrogen and oxygen atoms in total. The minimum Gasteiger partial charge on any atom is -0.486 e. The van der Waals surface area contributed by atoms with Crippen LogP contribution in [-0.2, 0) is 9.54 Å². The number of carboxylic acids is 1. The predicted octanol–water partition coefficient (Wildman–Crippen LogP) is 5.17. The molecule has 30 heavy (non-hydrogen) atoms. The maximum atomic E-state index is 10.9. The Balaban J connectivity index is 1.47. The van der Waals surface area contributed by atoms with Gasteiger partial charge in [0.05, 0.1) is 17.0 Å². The first-order chi connectivity index (χ1) is 14.6. The Hall–Kier alpha value is -2.16. The Labute approximate surface area is 188 Å². The number of thiophene rings is 2. The van der Waals surface area contributed by atoms with E-state index in [1.165, 1.54) is 11.1 Å². The quantitative estimate of drug-likeness (QED) is 0.474. The number of nitrogens with zero attached hydrogens (tertiary/aromatic N) is 1. The Morgan fingerprint density at radius 2 is 1.97 bits per heavy atom. The molecule has 0 radical (unpaired) electrons. The highest BCUT2D eigenvalue weighted by molar-refractivity contribution is 8.00. The molecular formula is C22H23NO4S3. The van der Waals surface area contributed by atoms with Crippen molar-refractivity contribution in [3.05, 3.63) is 63.0 Å². The molecule has 3 heterocycles. The van der Waals surface area contributed by atoms with E-state index in [2.05, 4.69) is 45.5 Å². The highest BCUT2D eigenvalue weighted by Gasteiger charge is 2.31. The van der Waals surface area contributed by atoms with Crippen molar-refractivity contribution in [2.24, 2.45) is 0 Å². The summed E-state index contributed by atoms with van der Waals surface area (Å²) in [4.78, 5) is 13.2. The third kappa shape index (κ3) is 4.45. The van der Waals surface area contributed by atoms with E-state index in [-0.39, 0.29) is 11.4 Å². The largest absolute Gasteiger partial charge is 0.486 e. The summed E-state index contributed by atoms with van der Waals surface area (Å²) >= 11 is 5.41. The van der Waals surface area contributed by atoms with E-state index in [0.29, 0.717) is 18.1 Å². The molecule has 0 saturated carbocycles.